The van der Waals surface area contributed by atoms with E-state index in [9.17, 15) is 14.4 Å². The smallest absolute Gasteiger partial charge is 0.341 e. The maximum Gasteiger partial charge on any atom is 0.341 e. The number of rotatable bonds is 6. The van der Waals surface area contributed by atoms with E-state index in [0.29, 0.717) is 20.8 Å². The first-order chi connectivity index (χ1) is 17.4. The van der Waals surface area contributed by atoms with Crippen LogP contribution in [0, 0.1) is 13.8 Å². The van der Waals surface area contributed by atoms with Crippen LogP contribution in [0.3, 0.4) is 0 Å². The Bertz CT molecular complexity index is 1700. The lowest BCUT2D eigenvalue weighted by Crippen LogP contribution is -2.28. The predicted octanol–water partition coefficient (Wildman–Crippen LogP) is 5.77. The molecule has 5 rings (SSSR count). The molecule has 1 N–H and O–H groups in total. The molecule has 0 saturated heterocycles. The molecule has 0 aliphatic carbocycles. The Labute approximate surface area is 215 Å². The molecule has 0 atom stereocenters. The summed E-state index contributed by atoms with van der Waals surface area (Å²) in [7, 11) is 0. The van der Waals surface area contributed by atoms with Gasteiger partial charge in [-0.2, -0.15) is 0 Å². The molecule has 0 aliphatic rings. The topological polar surface area (TPSA) is 90.3 Å². The summed E-state index contributed by atoms with van der Waals surface area (Å²) >= 11 is 2.71. The second-order valence-corrected chi connectivity index (χ2v) is 10.4. The van der Waals surface area contributed by atoms with Gasteiger partial charge in [0.25, 0.3) is 5.56 Å². The number of benzene rings is 2. The van der Waals surface area contributed by atoms with Crippen LogP contribution in [-0.4, -0.2) is 28.0 Å². The minimum absolute atomic E-state index is 0.229. The fraction of sp³-hybridized carbons (Fsp3) is 0.185. The van der Waals surface area contributed by atoms with Gasteiger partial charge in [-0.3, -0.25) is 14.2 Å². The first-order valence-electron chi connectivity index (χ1n) is 11.4. The van der Waals surface area contributed by atoms with Gasteiger partial charge in [-0.1, -0.05) is 36.4 Å². The van der Waals surface area contributed by atoms with Gasteiger partial charge in [0.15, 0.2) is 0 Å². The Hall–Kier alpha value is -3.82. The van der Waals surface area contributed by atoms with Gasteiger partial charge < -0.3 is 10.1 Å². The molecule has 0 radical (unpaired) electrons. The molecule has 0 spiro atoms. The number of aryl methyl sites for hydroxylation is 1. The Morgan fingerprint density at radius 1 is 1.11 bits per heavy atom. The van der Waals surface area contributed by atoms with Crippen molar-refractivity contribution in [3.05, 3.63) is 80.5 Å². The number of amides is 1. The molecule has 0 fully saturated rings. The van der Waals surface area contributed by atoms with Crippen molar-refractivity contribution in [2.24, 2.45) is 0 Å². The molecular weight excluding hydrogens is 494 g/mol. The summed E-state index contributed by atoms with van der Waals surface area (Å²) in [4.78, 5) is 44.7. The Kier molecular flexibility index (Phi) is 6.42. The zero-order valence-corrected chi connectivity index (χ0v) is 21.6. The van der Waals surface area contributed by atoms with Gasteiger partial charge in [-0.05, 0) is 48.7 Å². The summed E-state index contributed by atoms with van der Waals surface area (Å²) in [5.41, 5.74) is 2.55. The fourth-order valence-corrected chi connectivity index (χ4v) is 6.11. The van der Waals surface area contributed by atoms with Crippen LogP contribution in [-0.2, 0) is 16.1 Å². The Morgan fingerprint density at radius 2 is 1.89 bits per heavy atom. The lowest BCUT2D eigenvalue weighted by molar-refractivity contribution is -0.116. The van der Waals surface area contributed by atoms with Gasteiger partial charge in [0.1, 0.15) is 16.4 Å². The lowest BCUT2D eigenvalue weighted by Gasteiger charge is -2.09. The average molecular weight is 518 g/mol. The van der Waals surface area contributed by atoms with Gasteiger partial charge in [-0.25, -0.2) is 9.78 Å². The second-order valence-electron chi connectivity index (χ2n) is 8.33. The van der Waals surface area contributed by atoms with E-state index in [2.05, 4.69) is 16.4 Å². The van der Waals surface area contributed by atoms with Crippen LogP contribution in [0.1, 0.15) is 27.7 Å². The summed E-state index contributed by atoms with van der Waals surface area (Å²) in [6.45, 7) is 5.44. The van der Waals surface area contributed by atoms with Crippen molar-refractivity contribution in [3.63, 3.8) is 0 Å². The SMILES string of the molecule is CCOC(=O)c1c(NC(=O)Cn2cnc3scc(-c4ccc5ccccc5c4)c3c2=O)sc(C)c1C. The van der Waals surface area contributed by atoms with E-state index in [1.54, 1.807) is 6.92 Å². The molecular formula is C27H23N3O4S2. The minimum atomic E-state index is -0.479. The number of anilines is 1. The first kappa shape index (κ1) is 23.9. The number of fused-ring (bicyclic) bond motifs is 2. The highest BCUT2D eigenvalue weighted by Gasteiger charge is 2.22. The molecule has 3 aromatic heterocycles. The normalized spacial score (nSPS) is 11.2. The third kappa shape index (κ3) is 4.31. The zero-order valence-electron chi connectivity index (χ0n) is 20.0. The average Bonchev–Trinajstić information content (AvgIpc) is 3.41. The van der Waals surface area contributed by atoms with Gasteiger partial charge in [-0.15, -0.1) is 22.7 Å². The fourth-order valence-electron chi connectivity index (χ4n) is 4.13. The van der Waals surface area contributed by atoms with Crippen molar-refractivity contribution in [1.82, 2.24) is 9.55 Å². The quantitative estimate of drug-likeness (QED) is 0.289. The highest BCUT2D eigenvalue weighted by atomic mass is 32.1. The molecule has 0 saturated carbocycles. The first-order valence-corrected chi connectivity index (χ1v) is 13.1. The predicted molar refractivity (Wildman–Crippen MR) is 145 cm³/mol. The van der Waals surface area contributed by atoms with Crippen LogP contribution < -0.4 is 10.9 Å². The number of hydrogen-bond donors (Lipinski definition) is 1. The number of nitrogens with one attached hydrogen (secondary N) is 1. The number of carbonyl (C=O) groups is 2. The molecule has 36 heavy (non-hydrogen) atoms. The second kappa shape index (κ2) is 9.67. The van der Waals surface area contributed by atoms with Crippen molar-refractivity contribution in [3.8, 4) is 11.1 Å². The van der Waals surface area contributed by atoms with Crippen LogP contribution in [0.4, 0.5) is 5.00 Å². The molecule has 1 amide bonds. The van der Waals surface area contributed by atoms with Crippen molar-refractivity contribution in [2.75, 3.05) is 11.9 Å². The number of aromatic nitrogens is 2. The van der Waals surface area contributed by atoms with Crippen LogP contribution in [0.15, 0.2) is 59.0 Å². The monoisotopic (exact) mass is 517 g/mol. The van der Waals surface area contributed by atoms with Gasteiger partial charge in [0, 0.05) is 15.8 Å². The van der Waals surface area contributed by atoms with E-state index in [0.717, 1.165) is 32.3 Å². The standard InChI is InChI=1S/C27H23N3O4S2/c1-4-34-27(33)22-15(2)16(3)36-25(22)29-21(31)12-30-14-28-24-23(26(30)32)20(13-35-24)19-10-9-17-7-5-6-8-18(17)11-19/h5-11,13-14H,4,12H2,1-3H3,(H,29,31). The number of esters is 1. The van der Waals surface area contributed by atoms with E-state index in [4.69, 9.17) is 4.74 Å². The largest absolute Gasteiger partial charge is 0.462 e. The van der Waals surface area contributed by atoms with E-state index in [-0.39, 0.29) is 18.7 Å². The number of thiophene rings is 2. The molecule has 9 heteroatoms. The molecule has 7 nitrogen and oxygen atoms in total. The third-order valence-corrected chi connectivity index (χ3v) is 8.06. The summed E-state index contributed by atoms with van der Waals surface area (Å²) in [6, 6.07) is 14.1. The van der Waals surface area contributed by atoms with Crippen LogP contribution in [0.25, 0.3) is 32.1 Å². The number of carbonyl (C=O) groups excluding carboxylic acids is 2. The maximum absolute atomic E-state index is 13.4. The van der Waals surface area contributed by atoms with E-state index in [1.165, 1.54) is 33.6 Å². The zero-order chi connectivity index (χ0) is 25.4. The molecule has 182 valence electrons. The minimum Gasteiger partial charge on any atom is -0.462 e. The molecule has 5 aromatic rings. The van der Waals surface area contributed by atoms with Crippen molar-refractivity contribution in [1.29, 1.82) is 0 Å². The Balaban J connectivity index is 1.46. The van der Waals surface area contributed by atoms with Gasteiger partial charge in [0.2, 0.25) is 5.91 Å². The van der Waals surface area contributed by atoms with Crippen LogP contribution >= 0.6 is 22.7 Å². The Morgan fingerprint density at radius 3 is 2.67 bits per heavy atom. The molecule has 3 heterocycles. The summed E-state index contributed by atoms with van der Waals surface area (Å²) in [6.07, 6.45) is 1.39. The van der Waals surface area contributed by atoms with E-state index >= 15 is 0 Å². The van der Waals surface area contributed by atoms with Gasteiger partial charge in [0.05, 0.1) is 23.9 Å². The van der Waals surface area contributed by atoms with Gasteiger partial charge >= 0.3 is 5.97 Å². The van der Waals surface area contributed by atoms with Crippen LogP contribution in [0.2, 0.25) is 0 Å². The lowest BCUT2D eigenvalue weighted by atomic mass is 10.0. The summed E-state index contributed by atoms with van der Waals surface area (Å²) < 4.78 is 6.45. The third-order valence-electron chi connectivity index (χ3n) is 6.05. The highest BCUT2D eigenvalue weighted by Crippen LogP contribution is 2.34. The highest BCUT2D eigenvalue weighted by molar-refractivity contribution is 7.17. The summed E-state index contributed by atoms with van der Waals surface area (Å²) in [5, 5.41) is 7.82. The maximum atomic E-state index is 13.4. The number of ether oxygens (including phenoxy) is 1. The molecule has 0 bridgehead atoms. The number of nitrogens with zero attached hydrogens (tertiary/aromatic N) is 2. The van der Waals surface area contributed by atoms with Crippen molar-refractivity contribution >= 4 is 60.5 Å². The van der Waals surface area contributed by atoms with E-state index in [1.807, 2.05) is 55.6 Å². The molecule has 0 aliphatic heterocycles. The van der Waals surface area contributed by atoms with E-state index < -0.39 is 11.9 Å². The molecule has 0 unspecified atom stereocenters. The summed E-state index contributed by atoms with van der Waals surface area (Å²) in [5.74, 6) is -0.902. The van der Waals surface area contributed by atoms with Crippen molar-refractivity contribution in [2.45, 2.75) is 27.3 Å². The number of hydrogen-bond acceptors (Lipinski definition) is 7. The van der Waals surface area contributed by atoms with Crippen molar-refractivity contribution < 1.29 is 14.3 Å². The van der Waals surface area contributed by atoms with Crippen LogP contribution in [0.5, 0.6) is 0 Å². The molecule has 2 aromatic carbocycles.